The van der Waals surface area contributed by atoms with Crippen LogP contribution in [0.25, 0.3) is 11.1 Å². The SMILES string of the molecule is C[C@@H](Oc1cc(-c2ccc3c(c2)OC2(CC3)CCN(C)CC2)c[nH+]c1N)c1c(Cl)ccc(F)c1Cl. The number of benzene rings is 2. The minimum absolute atomic E-state index is 0.0571. The van der Waals surface area contributed by atoms with Crippen molar-refractivity contribution < 1.29 is 18.8 Å². The molecule has 1 saturated heterocycles. The summed E-state index contributed by atoms with van der Waals surface area (Å²) in [7, 11) is 2.16. The first-order valence-corrected chi connectivity index (χ1v) is 12.6. The minimum atomic E-state index is -0.618. The van der Waals surface area contributed by atoms with Gasteiger partial charge < -0.3 is 14.4 Å². The summed E-state index contributed by atoms with van der Waals surface area (Å²) < 4.78 is 26.7. The van der Waals surface area contributed by atoms with Gasteiger partial charge in [-0.05, 0) is 69.0 Å². The van der Waals surface area contributed by atoms with Crippen molar-refractivity contribution in [1.82, 2.24) is 4.90 Å². The zero-order valence-electron chi connectivity index (χ0n) is 19.8. The monoisotopic (exact) mass is 516 g/mol. The number of ether oxygens (including phenoxy) is 2. The highest BCUT2D eigenvalue weighted by atomic mass is 35.5. The number of pyridine rings is 1. The van der Waals surface area contributed by atoms with E-state index in [4.69, 9.17) is 38.4 Å². The Bertz CT molecular complexity index is 1260. The van der Waals surface area contributed by atoms with Gasteiger partial charge in [0.1, 0.15) is 23.3 Å². The zero-order valence-corrected chi connectivity index (χ0v) is 21.3. The number of nitrogens with two attached hydrogens (primary N) is 1. The number of fused-ring (bicyclic) bond motifs is 1. The molecule has 5 rings (SSSR count). The maximum absolute atomic E-state index is 14.0. The average Bonchev–Trinajstić information content (AvgIpc) is 2.85. The van der Waals surface area contributed by atoms with Crippen molar-refractivity contribution in [2.75, 3.05) is 25.9 Å². The standard InChI is InChI=1S/C27H28Cl2FN3O2/c1-16(24-20(28)5-6-21(30)25(24)29)34-23-14-19(15-32-26(23)31)18-4-3-17-7-8-27(35-22(17)13-18)9-11-33(2)12-10-27/h3-6,13-16H,7-12H2,1-2H3,(H2,31,32)/p+1/t16-/m1/s1. The summed E-state index contributed by atoms with van der Waals surface area (Å²) in [4.78, 5) is 5.43. The molecule has 0 radical (unpaired) electrons. The molecular weight excluding hydrogens is 488 g/mol. The van der Waals surface area contributed by atoms with E-state index in [-0.39, 0.29) is 10.6 Å². The van der Waals surface area contributed by atoms with Crippen LogP contribution in [0.2, 0.25) is 10.0 Å². The number of aromatic amines is 1. The van der Waals surface area contributed by atoms with E-state index in [2.05, 4.69) is 35.1 Å². The Morgan fingerprint density at radius 3 is 2.66 bits per heavy atom. The van der Waals surface area contributed by atoms with Gasteiger partial charge in [-0.25, -0.2) is 9.37 Å². The maximum Gasteiger partial charge on any atom is 0.313 e. The molecule has 0 unspecified atom stereocenters. The van der Waals surface area contributed by atoms with Crippen LogP contribution in [0.5, 0.6) is 11.5 Å². The fourth-order valence-corrected chi connectivity index (χ4v) is 5.65. The van der Waals surface area contributed by atoms with E-state index in [0.29, 0.717) is 22.2 Å². The summed E-state index contributed by atoms with van der Waals surface area (Å²) in [6, 6.07) is 10.9. The van der Waals surface area contributed by atoms with Crippen LogP contribution in [0.3, 0.4) is 0 Å². The van der Waals surface area contributed by atoms with Gasteiger partial charge in [-0.1, -0.05) is 35.3 Å². The second-order valence-electron chi connectivity index (χ2n) is 9.59. The molecule has 184 valence electrons. The van der Waals surface area contributed by atoms with Crippen LogP contribution in [-0.4, -0.2) is 30.6 Å². The maximum atomic E-state index is 14.0. The molecule has 3 heterocycles. The molecule has 2 aliphatic rings. The molecule has 0 amide bonds. The molecule has 35 heavy (non-hydrogen) atoms. The largest absolute Gasteiger partial charge is 0.487 e. The number of halogens is 3. The van der Waals surface area contributed by atoms with Crippen molar-refractivity contribution in [1.29, 1.82) is 0 Å². The van der Waals surface area contributed by atoms with Crippen molar-refractivity contribution >= 4 is 29.0 Å². The number of rotatable bonds is 4. The molecule has 3 N–H and O–H groups in total. The number of piperidine rings is 1. The van der Waals surface area contributed by atoms with E-state index >= 15 is 0 Å². The van der Waals surface area contributed by atoms with Gasteiger partial charge in [0, 0.05) is 35.3 Å². The van der Waals surface area contributed by atoms with Crippen molar-refractivity contribution in [2.24, 2.45) is 0 Å². The Morgan fingerprint density at radius 2 is 1.89 bits per heavy atom. The van der Waals surface area contributed by atoms with Crippen LogP contribution in [0, 0.1) is 5.82 Å². The van der Waals surface area contributed by atoms with Crippen molar-refractivity contribution in [3.05, 3.63) is 69.6 Å². The van der Waals surface area contributed by atoms with Crippen molar-refractivity contribution in [2.45, 2.75) is 44.3 Å². The highest BCUT2D eigenvalue weighted by Gasteiger charge is 2.38. The highest BCUT2D eigenvalue weighted by molar-refractivity contribution is 6.36. The normalized spacial score (nSPS) is 18.1. The lowest BCUT2D eigenvalue weighted by Crippen LogP contribution is -2.48. The number of aromatic nitrogens is 1. The molecule has 1 spiro atoms. The Balaban J connectivity index is 1.41. The number of aryl methyl sites for hydroxylation is 1. The Kier molecular flexibility index (Phi) is 6.55. The topological polar surface area (TPSA) is 61.9 Å². The number of anilines is 1. The number of nitrogens with zero attached hydrogens (tertiary/aromatic N) is 1. The van der Waals surface area contributed by atoms with Crippen LogP contribution in [0.4, 0.5) is 10.2 Å². The second-order valence-corrected chi connectivity index (χ2v) is 10.4. The Hall–Kier alpha value is -2.54. The lowest BCUT2D eigenvalue weighted by molar-refractivity contribution is -0.360. The number of hydrogen-bond donors (Lipinski definition) is 1. The second kappa shape index (κ2) is 9.49. The molecule has 1 fully saturated rings. The Labute approximate surface area is 215 Å². The molecule has 5 nitrogen and oxygen atoms in total. The summed E-state index contributed by atoms with van der Waals surface area (Å²) in [6.45, 7) is 3.87. The average molecular weight is 517 g/mol. The van der Waals surface area contributed by atoms with Gasteiger partial charge in [0.15, 0.2) is 0 Å². The molecule has 8 heteroatoms. The lowest BCUT2D eigenvalue weighted by Gasteiger charge is -2.44. The van der Waals surface area contributed by atoms with Crippen LogP contribution in [0.15, 0.2) is 42.6 Å². The molecule has 2 aliphatic heterocycles. The fraction of sp³-hybridized carbons (Fsp3) is 0.370. The molecule has 0 bridgehead atoms. The van der Waals surface area contributed by atoms with Crippen LogP contribution >= 0.6 is 23.2 Å². The smallest absolute Gasteiger partial charge is 0.313 e. The number of hydrogen-bond acceptors (Lipinski definition) is 4. The van der Waals surface area contributed by atoms with Gasteiger partial charge in [0.05, 0.1) is 11.2 Å². The van der Waals surface area contributed by atoms with E-state index in [1.54, 1.807) is 6.92 Å². The third-order valence-corrected chi connectivity index (χ3v) is 7.91. The van der Waals surface area contributed by atoms with Crippen LogP contribution in [-0.2, 0) is 6.42 Å². The first-order valence-electron chi connectivity index (χ1n) is 11.9. The van der Waals surface area contributed by atoms with Gasteiger partial charge in [0.2, 0.25) is 5.75 Å². The van der Waals surface area contributed by atoms with Gasteiger partial charge >= 0.3 is 5.82 Å². The van der Waals surface area contributed by atoms with E-state index < -0.39 is 11.9 Å². The molecule has 2 aromatic carbocycles. The summed E-state index contributed by atoms with van der Waals surface area (Å²) in [5, 5.41) is 0.274. The lowest BCUT2D eigenvalue weighted by atomic mass is 9.83. The fourth-order valence-electron chi connectivity index (χ4n) is 4.98. The third kappa shape index (κ3) is 4.80. The summed E-state index contributed by atoms with van der Waals surface area (Å²) in [5.74, 6) is 1.18. The molecule has 3 aromatic rings. The number of nitrogens with one attached hydrogen (secondary N) is 1. The first-order chi connectivity index (χ1) is 16.7. The highest BCUT2D eigenvalue weighted by Crippen LogP contribution is 2.41. The van der Waals surface area contributed by atoms with Crippen molar-refractivity contribution in [3.8, 4) is 22.6 Å². The van der Waals surface area contributed by atoms with E-state index in [9.17, 15) is 4.39 Å². The van der Waals surface area contributed by atoms with Gasteiger partial charge in [-0.3, -0.25) is 5.73 Å². The molecular formula is C27H29Cl2FN3O2+. The zero-order chi connectivity index (χ0) is 24.7. The molecule has 1 aromatic heterocycles. The first kappa shape index (κ1) is 24.2. The van der Waals surface area contributed by atoms with Gasteiger partial charge in [-0.2, -0.15) is 0 Å². The van der Waals surface area contributed by atoms with E-state index in [0.717, 1.165) is 55.6 Å². The van der Waals surface area contributed by atoms with Gasteiger partial charge in [0.25, 0.3) is 0 Å². The van der Waals surface area contributed by atoms with Crippen molar-refractivity contribution in [3.63, 3.8) is 0 Å². The molecule has 1 atom stereocenters. The minimum Gasteiger partial charge on any atom is -0.487 e. The van der Waals surface area contributed by atoms with Gasteiger partial charge in [-0.15, -0.1) is 0 Å². The number of likely N-dealkylation sites (tertiary alicyclic amines) is 1. The van der Waals surface area contributed by atoms with Crippen LogP contribution in [0.1, 0.15) is 43.4 Å². The third-order valence-electron chi connectivity index (χ3n) is 7.20. The van der Waals surface area contributed by atoms with E-state index in [1.807, 2.05) is 12.3 Å². The molecule has 0 aliphatic carbocycles. The number of H-pyrrole nitrogens is 1. The predicted octanol–water partition coefficient (Wildman–Crippen LogP) is 6.13. The molecule has 0 saturated carbocycles. The summed E-state index contributed by atoms with van der Waals surface area (Å²) in [5.41, 5.74) is 9.59. The van der Waals surface area contributed by atoms with E-state index in [1.165, 1.54) is 17.7 Å². The Morgan fingerprint density at radius 1 is 1.11 bits per heavy atom. The predicted molar refractivity (Wildman–Crippen MR) is 137 cm³/mol. The summed E-state index contributed by atoms with van der Waals surface area (Å²) in [6.07, 6.45) is 5.39. The quantitative estimate of drug-likeness (QED) is 0.424. The van der Waals surface area contributed by atoms with Crippen LogP contribution < -0.4 is 20.2 Å². The summed E-state index contributed by atoms with van der Waals surface area (Å²) >= 11 is 12.4. The number of nitrogen functional groups attached to an aromatic ring is 1.